The molecule has 1 saturated heterocycles. The van der Waals surface area contributed by atoms with Gasteiger partial charge >= 0.3 is 6.09 Å². The number of cyclic esters (lactones) is 1. The third kappa shape index (κ3) is 4.57. The Balaban J connectivity index is 1.89. The van der Waals surface area contributed by atoms with Crippen LogP contribution in [-0.2, 0) is 10.1 Å². The first-order valence-corrected chi connectivity index (χ1v) is 11.8. The largest absolute Gasteiger partial charge is 0.437 e. The summed E-state index contributed by atoms with van der Waals surface area (Å²) >= 11 is 0. The van der Waals surface area contributed by atoms with E-state index in [9.17, 15) is 9.18 Å². The predicted molar refractivity (Wildman–Crippen MR) is 127 cm³/mol. The van der Waals surface area contributed by atoms with Crippen LogP contribution in [0.4, 0.5) is 25.2 Å². The number of halogens is 2. The van der Waals surface area contributed by atoms with Crippen LogP contribution in [0.2, 0.25) is 0 Å². The Morgan fingerprint density at radius 2 is 2.22 bits per heavy atom. The van der Waals surface area contributed by atoms with Crippen molar-refractivity contribution in [2.75, 3.05) is 29.9 Å². The van der Waals surface area contributed by atoms with Crippen molar-refractivity contribution in [3.05, 3.63) is 35.5 Å². The van der Waals surface area contributed by atoms with Crippen LogP contribution in [0, 0.1) is 0 Å². The van der Waals surface area contributed by atoms with Gasteiger partial charge in [-0.25, -0.2) is 23.5 Å². The van der Waals surface area contributed by atoms with E-state index >= 15 is 4.39 Å². The molecule has 7 nitrogen and oxygen atoms in total. The third-order valence-corrected chi connectivity index (χ3v) is 6.88. The fraction of sp³-hybridized carbons (Fsp3) is 0.476. The molecule has 0 spiro atoms. The molecule has 0 saturated carbocycles. The number of rotatable bonds is 5. The first-order chi connectivity index (χ1) is 15.2. The zero-order valence-corrected chi connectivity index (χ0v) is 20.2. The highest BCUT2D eigenvalue weighted by atomic mass is 31.0. The summed E-state index contributed by atoms with van der Waals surface area (Å²) in [7, 11) is 4.30. The molecule has 0 radical (unpaired) electrons. The number of hydrogen-bond donors (Lipinski definition) is 2. The number of alkyl halides is 2. The molecular weight excluding hydrogens is 454 g/mol. The number of hydrogen-bond acceptors (Lipinski definition) is 6. The van der Waals surface area contributed by atoms with E-state index < -0.39 is 23.5 Å². The zero-order valence-electron chi connectivity index (χ0n) is 17.9. The Kier molecular flexibility index (Phi) is 6.62. The summed E-state index contributed by atoms with van der Waals surface area (Å²) < 4.78 is 35.0. The number of amides is 1. The first kappa shape index (κ1) is 23.2. The Labute approximate surface area is 190 Å². The van der Waals surface area contributed by atoms with E-state index in [1.54, 1.807) is 25.1 Å². The Morgan fingerprint density at radius 1 is 1.44 bits per heavy atom. The van der Waals surface area contributed by atoms with Gasteiger partial charge in [-0.1, -0.05) is 25.4 Å². The number of nitrogens with zero attached hydrogens (tertiary/aromatic N) is 3. The number of pyridine rings is 2. The summed E-state index contributed by atoms with van der Waals surface area (Å²) in [5.41, 5.74) is 1.84. The topological polar surface area (TPSA) is 79.4 Å². The highest BCUT2D eigenvalue weighted by molar-refractivity contribution is 7.18. The molecule has 6 atom stereocenters. The molecule has 172 valence electrons. The first-order valence-electron chi connectivity index (χ1n) is 10.5. The van der Waals surface area contributed by atoms with Crippen molar-refractivity contribution in [2.24, 2.45) is 0 Å². The molecule has 32 heavy (non-hydrogen) atoms. The molecule has 1 fully saturated rings. The number of anilines is 2. The van der Waals surface area contributed by atoms with Crippen molar-refractivity contribution in [3.8, 4) is 11.3 Å². The van der Waals surface area contributed by atoms with Gasteiger partial charge in [-0.3, -0.25) is 5.32 Å². The van der Waals surface area contributed by atoms with Gasteiger partial charge in [0, 0.05) is 43.0 Å². The number of aromatic nitrogens is 2. The predicted octanol–water partition coefficient (Wildman–Crippen LogP) is 4.12. The average molecular weight is 481 g/mol. The third-order valence-electron chi connectivity index (χ3n) is 5.79. The normalized spacial score (nSPS) is 23.6. The second-order valence-electron chi connectivity index (χ2n) is 8.13. The fourth-order valence-corrected chi connectivity index (χ4v) is 4.45. The summed E-state index contributed by atoms with van der Waals surface area (Å²) in [4.78, 5) is 23.0. The molecule has 0 bridgehead atoms. The van der Waals surface area contributed by atoms with Crippen molar-refractivity contribution in [2.45, 2.75) is 43.7 Å². The van der Waals surface area contributed by atoms with Crippen LogP contribution in [0.3, 0.4) is 0 Å². The van der Waals surface area contributed by atoms with Crippen molar-refractivity contribution in [1.82, 2.24) is 15.3 Å². The number of fused-ring (bicyclic) bond motifs is 1. The Hall–Kier alpha value is -1.95. The second kappa shape index (κ2) is 9.12. The van der Waals surface area contributed by atoms with Gasteiger partial charge in [0.25, 0.3) is 0 Å². The van der Waals surface area contributed by atoms with Gasteiger partial charge in [-0.2, -0.15) is 0 Å². The fourth-order valence-electron chi connectivity index (χ4n) is 4.01. The van der Waals surface area contributed by atoms with Gasteiger partial charge in [-0.15, -0.1) is 0 Å². The van der Waals surface area contributed by atoms with E-state index in [0.717, 1.165) is 19.6 Å². The molecule has 2 aromatic rings. The van der Waals surface area contributed by atoms with Crippen LogP contribution >= 0.6 is 18.5 Å². The molecule has 1 amide bonds. The van der Waals surface area contributed by atoms with Crippen molar-refractivity contribution < 1.29 is 18.3 Å². The van der Waals surface area contributed by atoms with Gasteiger partial charge in [0.1, 0.15) is 17.0 Å². The lowest BCUT2D eigenvalue weighted by Gasteiger charge is -2.34. The minimum absolute atomic E-state index is 0.214. The van der Waals surface area contributed by atoms with E-state index in [0.29, 0.717) is 28.2 Å². The van der Waals surface area contributed by atoms with Crippen LogP contribution in [0.1, 0.15) is 37.5 Å². The summed E-state index contributed by atoms with van der Waals surface area (Å²) in [6.07, 6.45) is -0.171. The average Bonchev–Trinajstić information content (AvgIpc) is 2.77. The van der Waals surface area contributed by atoms with E-state index in [1.165, 1.54) is 6.20 Å². The highest BCUT2D eigenvalue weighted by Crippen LogP contribution is 2.44. The summed E-state index contributed by atoms with van der Waals surface area (Å²) in [5, 5.41) is 4.27. The van der Waals surface area contributed by atoms with Gasteiger partial charge in [0.2, 0.25) is 0 Å². The summed E-state index contributed by atoms with van der Waals surface area (Å²) in [5.74, 6) is -0.683. The van der Waals surface area contributed by atoms with E-state index in [-0.39, 0.29) is 18.3 Å². The molecule has 4 rings (SSSR count). The quantitative estimate of drug-likeness (QED) is 0.626. The Morgan fingerprint density at radius 3 is 2.91 bits per heavy atom. The lowest BCUT2D eigenvalue weighted by atomic mass is 9.97. The lowest BCUT2D eigenvalue weighted by molar-refractivity contribution is 0.0779. The molecule has 0 aliphatic carbocycles. The maximum Gasteiger partial charge on any atom is 0.413 e. The van der Waals surface area contributed by atoms with Gasteiger partial charge in [0.15, 0.2) is 12.0 Å². The number of piperazine rings is 1. The lowest BCUT2D eigenvalue weighted by Crippen LogP contribution is -2.49. The van der Waals surface area contributed by atoms with Crippen LogP contribution in [0.5, 0.6) is 0 Å². The summed E-state index contributed by atoms with van der Waals surface area (Å²) in [6.45, 7) is 6.11. The van der Waals surface area contributed by atoms with E-state index in [2.05, 4.69) is 36.7 Å². The number of ether oxygens (including phenoxy) is 1. The van der Waals surface area contributed by atoms with Gasteiger partial charge in [-0.05, 0) is 37.1 Å². The molecular formula is C21H27F2N5O2P2. The second-order valence-corrected chi connectivity index (χ2v) is 9.68. The number of nitrogens with one attached hydrogen (secondary N) is 2. The van der Waals surface area contributed by atoms with Crippen LogP contribution < -0.4 is 15.5 Å². The number of carbonyl (C=O) groups is 1. The standard InChI is InChI=1S/C21H27F2N5O2P2/c1-3-21(23,32)12-8-14(26-15(9-12)28-7-6-24-11(2)10-28)13-4-5-25-19-16(13)17(18(22)31)30-20(29)27-19/h4-5,8-9,11,17-18,24H,3,6-7,10,31-32H2,1-2H3,(H,25,27,29)/t11-,17?,18?,21?/m0/s1. The minimum atomic E-state index is -1.65. The molecule has 5 unspecified atom stereocenters. The van der Waals surface area contributed by atoms with Crippen LogP contribution in [-0.4, -0.2) is 47.7 Å². The number of carbonyl (C=O) groups excluding carboxylic acids is 1. The summed E-state index contributed by atoms with van der Waals surface area (Å²) in [6, 6.07) is 5.39. The molecule has 0 aromatic carbocycles. The van der Waals surface area contributed by atoms with Crippen LogP contribution in [0.25, 0.3) is 11.3 Å². The Bertz CT molecular complexity index is 1020. The van der Waals surface area contributed by atoms with Crippen molar-refractivity contribution >= 4 is 36.2 Å². The van der Waals surface area contributed by atoms with Crippen molar-refractivity contribution in [1.29, 1.82) is 0 Å². The minimum Gasteiger partial charge on any atom is -0.437 e. The SMILES string of the molecule is CCC(F)(P)c1cc(-c2ccnc3c2C(C(F)P)OC(=O)N3)nc(N2CCN[C@@H](C)C2)c1. The highest BCUT2D eigenvalue weighted by Gasteiger charge is 2.35. The molecule has 2 aliphatic heterocycles. The molecule has 2 N–H and O–H groups in total. The van der Waals surface area contributed by atoms with Crippen LogP contribution in [0.15, 0.2) is 24.4 Å². The maximum atomic E-state index is 15.4. The van der Waals surface area contributed by atoms with Gasteiger partial charge < -0.3 is 15.0 Å². The van der Waals surface area contributed by atoms with Gasteiger partial charge in [0.05, 0.1) is 5.69 Å². The van der Waals surface area contributed by atoms with E-state index in [4.69, 9.17) is 9.72 Å². The van der Waals surface area contributed by atoms with E-state index in [1.807, 2.05) is 9.24 Å². The molecule has 11 heteroatoms. The smallest absolute Gasteiger partial charge is 0.413 e. The monoisotopic (exact) mass is 481 g/mol. The molecule has 2 aliphatic rings. The molecule has 2 aromatic heterocycles. The molecule has 4 heterocycles. The van der Waals surface area contributed by atoms with Crippen molar-refractivity contribution in [3.63, 3.8) is 0 Å². The maximum absolute atomic E-state index is 15.4. The zero-order chi connectivity index (χ0) is 23.0.